The lowest BCUT2D eigenvalue weighted by molar-refractivity contribution is -0.121. The highest BCUT2D eigenvalue weighted by Crippen LogP contribution is 2.16. The van der Waals surface area contributed by atoms with Crippen molar-refractivity contribution in [1.29, 1.82) is 0 Å². The maximum atomic E-state index is 12.7. The summed E-state index contributed by atoms with van der Waals surface area (Å²) >= 11 is 0. The summed E-state index contributed by atoms with van der Waals surface area (Å²) in [5.74, 6) is 1.05. The van der Waals surface area contributed by atoms with Gasteiger partial charge in [-0.05, 0) is 26.3 Å². The van der Waals surface area contributed by atoms with E-state index in [0.29, 0.717) is 49.9 Å². The summed E-state index contributed by atoms with van der Waals surface area (Å²) in [7, 11) is 3.21. The Morgan fingerprint density at radius 1 is 1.17 bits per heavy atom. The fourth-order valence-corrected chi connectivity index (χ4v) is 2.30. The van der Waals surface area contributed by atoms with E-state index in [1.807, 2.05) is 0 Å². The van der Waals surface area contributed by atoms with E-state index in [4.69, 9.17) is 13.9 Å². The number of hydrogen-bond donors (Lipinski definition) is 1. The van der Waals surface area contributed by atoms with Gasteiger partial charge in [-0.15, -0.1) is 0 Å². The number of aryl methyl sites for hydroxylation is 2. The summed E-state index contributed by atoms with van der Waals surface area (Å²) in [6, 6.07) is 1.72. The van der Waals surface area contributed by atoms with E-state index in [-0.39, 0.29) is 18.2 Å². The number of hydrogen-bond acceptors (Lipinski definition) is 5. The molecule has 24 heavy (non-hydrogen) atoms. The van der Waals surface area contributed by atoms with Gasteiger partial charge in [0.2, 0.25) is 5.91 Å². The molecule has 136 valence electrons. The van der Waals surface area contributed by atoms with Gasteiger partial charge in [0.05, 0.1) is 12.2 Å². The van der Waals surface area contributed by atoms with Gasteiger partial charge < -0.3 is 24.1 Å². The van der Waals surface area contributed by atoms with Crippen molar-refractivity contribution in [2.45, 2.75) is 26.7 Å². The van der Waals surface area contributed by atoms with Crippen molar-refractivity contribution in [3.05, 3.63) is 23.2 Å². The zero-order valence-corrected chi connectivity index (χ0v) is 15.0. The summed E-state index contributed by atoms with van der Waals surface area (Å²) < 4.78 is 15.4. The van der Waals surface area contributed by atoms with Crippen LogP contribution in [0.1, 0.15) is 34.7 Å². The molecule has 7 heteroatoms. The van der Waals surface area contributed by atoms with Crippen LogP contribution in [0, 0.1) is 13.8 Å². The standard InChI is InChI=1S/C17H28N2O5/c1-13-12-15(14(2)24-13)17(21)19(9-11-23-4)8-6-16(20)18-7-5-10-22-3/h12H,5-11H2,1-4H3,(H,18,20). The van der Waals surface area contributed by atoms with Crippen LogP contribution in [0.25, 0.3) is 0 Å². The molecular formula is C17H28N2O5. The van der Waals surface area contributed by atoms with Crippen molar-refractivity contribution in [3.8, 4) is 0 Å². The maximum Gasteiger partial charge on any atom is 0.257 e. The zero-order valence-electron chi connectivity index (χ0n) is 15.0. The van der Waals surface area contributed by atoms with Crippen LogP contribution in [-0.2, 0) is 14.3 Å². The van der Waals surface area contributed by atoms with Crippen LogP contribution in [-0.4, -0.2) is 63.8 Å². The Balaban J connectivity index is 2.57. The Hall–Kier alpha value is -1.86. The molecule has 1 N–H and O–H groups in total. The fourth-order valence-electron chi connectivity index (χ4n) is 2.30. The molecule has 0 saturated carbocycles. The minimum absolute atomic E-state index is 0.0820. The van der Waals surface area contributed by atoms with Crippen LogP contribution in [0.15, 0.2) is 10.5 Å². The van der Waals surface area contributed by atoms with Crippen LogP contribution in [0.4, 0.5) is 0 Å². The van der Waals surface area contributed by atoms with Crippen LogP contribution < -0.4 is 5.32 Å². The number of ether oxygens (including phenoxy) is 2. The molecule has 0 aliphatic heterocycles. The highest BCUT2D eigenvalue weighted by Gasteiger charge is 2.21. The van der Waals surface area contributed by atoms with Gasteiger partial charge in [0.15, 0.2) is 0 Å². The molecule has 0 spiro atoms. The number of nitrogens with zero attached hydrogens (tertiary/aromatic N) is 1. The monoisotopic (exact) mass is 340 g/mol. The third-order valence-corrected chi connectivity index (χ3v) is 3.58. The molecule has 1 aromatic heterocycles. The second-order valence-electron chi connectivity index (χ2n) is 5.56. The van der Waals surface area contributed by atoms with E-state index in [1.54, 1.807) is 39.0 Å². The highest BCUT2D eigenvalue weighted by atomic mass is 16.5. The fraction of sp³-hybridized carbons (Fsp3) is 0.647. The number of amides is 2. The molecule has 1 aromatic rings. The minimum atomic E-state index is -0.145. The summed E-state index contributed by atoms with van der Waals surface area (Å²) in [6.45, 7) is 5.92. The Labute approximate surface area is 143 Å². The summed E-state index contributed by atoms with van der Waals surface area (Å²) in [5.41, 5.74) is 0.532. The first-order valence-electron chi connectivity index (χ1n) is 8.10. The van der Waals surface area contributed by atoms with Crippen LogP contribution in [0.3, 0.4) is 0 Å². The summed E-state index contributed by atoms with van der Waals surface area (Å²) in [6.07, 6.45) is 1.01. The molecule has 7 nitrogen and oxygen atoms in total. The van der Waals surface area contributed by atoms with Gasteiger partial charge in [0.25, 0.3) is 5.91 Å². The van der Waals surface area contributed by atoms with E-state index in [9.17, 15) is 9.59 Å². The molecule has 0 fully saturated rings. The third-order valence-electron chi connectivity index (χ3n) is 3.58. The topological polar surface area (TPSA) is 81.0 Å². The van der Waals surface area contributed by atoms with Crippen molar-refractivity contribution in [1.82, 2.24) is 10.2 Å². The van der Waals surface area contributed by atoms with Gasteiger partial charge in [-0.1, -0.05) is 0 Å². The number of furan rings is 1. The highest BCUT2D eigenvalue weighted by molar-refractivity contribution is 5.95. The first-order valence-corrected chi connectivity index (χ1v) is 8.10. The molecule has 0 saturated heterocycles. The van der Waals surface area contributed by atoms with Crippen molar-refractivity contribution in [2.75, 3.05) is 47.1 Å². The Kier molecular flexibility index (Phi) is 9.11. The molecule has 1 rings (SSSR count). The molecule has 0 atom stereocenters. The zero-order chi connectivity index (χ0) is 17.9. The molecule has 0 aliphatic rings. The number of carbonyl (C=O) groups is 2. The quantitative estimate of drug-likeness (QED) is 0.618. The minimum Gasteiger partial charge on any atom is -0.466 e. The second kappa shape index (κ2) is 10.8. The summed E-state index contributed by atoms with van der Waals surface area (Å²) in [5, 5.41) is 2.82. The third kappa shape index (κ3) is 6.72. The van der Waals surface area contributed by atoms with E-state index < -0.39 is 0 Å². The molecule has 0 aliphatic carbocycles. The molecular weight excluding hydrogens is 312 g/mol. The largest absolute Gasteiger partial charge is 0.466 e. The average molecular weight is 340 g/mol. The molecule has 0 bridgehead atoms. The Morgan fingerprint density at radius 2 is 1.88 bits per heavy atom. The summed E-state index contributed by atoms with van der Waals surface area (Å²) in [4.78, 5) is 26.2. The van der Waals surface area contributed by atoms with Crippen LogP contribution in [0.2, 0.25) is 0 Å². The molecule has 0 aromatic carbocycles. The van der Waals surface area contributed by atoms with E-state index >= 15 is 0 Å². The molecule has 0 unspecified atom stereocenters. The number of methoxy groups -OCH3 is 2. The molecule has 1 heterocycles. The predicted molar refractivity (Wildman–Crippen MR) is 90.1 cm³/mol. The SMILES string of the molecule is COCCCNC(=O)CCN(CCOC)C(=O)c1cc(C)oc1C. The number of carbonyl (C=O) groups excluding carboxylic acids is 2. The van der Waals surface area contributed by atoms with Crippen molar-refractivity contribution >= 4 is 11.8 Å². The first-order chi connectivity index (χ1) is 11.5. The van der Waals surface area contributed by atoms with E-state index in [1.165, 1.54) is 0 Å². The normalized spacial score (nSPS) is 10.7. The van der Waals surface area contributed by atoms with Gasteiger partial charge in [-0.2, -0.15) is 0 Å². The molecule has 0 radical (unpaired) electrons. The Bertz CT molecular complexity index is 527. The number of nitrogens with one attached hydrogen (secondary N) is 1. The van der Waals surface area contributed by atoms with Gasteiger partial charge in [0.1, 0.15) is 11.5 Å². The van der Waals surface area contributed by atoms with Gasteiger partial charge >= 0.3 is 0 Å². The van der Waals surface area contributed by atoms with E-state index in [0.717, 1.165) is 6.42 Å². The maximum absolute atomic E-state index is 12.7. The Morgan fingerprint density at radius 3 is 2.46 bits per heavy atom. The second-order valence-corrected chi connectivity index (χ2v) is 5.56. The lowest BCUT2D eigenvalue weighted by atomic mass is 10.2. The van der Waals surface area contributed by atoms with Crippen LogP contribution >= 0.6 is 0 Å². The van der Waals surface area contributed by atoms with Crippen molar-refractivity contribution < 1.29 is 23.5 Å². The van der Waals surface area contributed by atoms with Crippen molar-refractivity contribution in [2.24, 2.45) is 0 Å². The van der Waals surface area contributed by atoms with Gasteiger partial charge in [0, 0.05) is 46.9 Å². The lowest BCUT2D eigenvalue weighted by Crippen LogP contribution is -2.37. The van der Waals surface area contributed by atoms with E-state index in [2.05, 4.69) is 5.32 Å². The number of rotatable bonds is 11. The first kappa shape index (κ1) is 20.2. The smallest absolute Gasteiger partial charge is 0.257 e. The van der Waals surface area contributed by atoms with Gasteiger partial charge in [-0.25, -0.2) is 0 Å². The van der Waals surface area contributed by atoms with Gasteiger partial charge in [-0.3, -0.25) is 9.59 Å². The van der Waals surface area contributed by atoms with Crippen molar-refractivity contribution in [3.63, 3.8) is 0 Å². The van der Waals surface area contributed by atoms with Crippen LogP contribution in [0.5, 0.6) is 0 Å². The lowest BCUT2D eigenvalue weighted by Gasteiger charge is -2.22. The molecule has 2 amide bonds. The average Bonchev–Trinajstić information content (AvgIpc) is 2.89. The predicted octanol–water partition coefficient (Wildman–Crippen LogP) is 1.53.